The summed E-state index contributed by atoms with van der Waals surface area (Å²) in [5.41, 5.74) is 2.21. The van der Waals surface area contributed by atoms with Gasteiger partial charge in [-0.2, -0.15) is 5.10 Å². The zero-order valence-corrected chi connectivity index (χ0v) is 13.3. The predicted octanol–water partition coefficient (Wildman–Crippen LogP) is 2.17. The smallest absolute Gasteiger partial charge is 0.254 e. The van der Waals surface area contributed by atoms with Crippen LogP contribution in [0.1, 0.15) is 59.4 Å². The number of nitrogens with zero attached hydrogens (tertiary/aromatic N) is 3. The maximum Gasteiger partial charge on any atom is 0.254 e. The zero-order valence-electron chi connectivity index (χ0n) is 13.3. The maximum absolute atomic E-state index is 12.3. The third-order valence-corrected chi connectivity index (χ3v) is 4.51. The van der Waals surface area contributed by atoms with Crippen molar-refractivity contribution in [2.24, 2.45) is 0 Å². The van der Waals surface area contributed by atoms with Crippen LogP contribution < -0.4 is 5.32 Å². The van der Waals surface area contributed by atoms with Crippen LogP contribution in [0.2, 0.25) is 0 Å². The Bertz CT molecular complexity index is 662. The van der Waals surface area contributed by atoms with E-state index in [-0.39, 0.29) is 12.5 Å². The Hall–Kier alpha value is -2.21. The fourth-order valence-corrected chi connectivity index (χ4v) is 3.15. The van der Waals surface area contributed by atoms with Gasteiger partial charge in [-0.25, -0.2) is 0 Å². The maximum atomic E-state index is 12.3. The van der Waals surface area contributed by atoms with Crippen molar-refractivity contribution >= 4 is 5.91 Å². The largest absolute Gasteiger partial charge is 0.387 e. The van der Waals surface area contributed by atoms with Crippen LogP contribution in [0.5, 0.6) is 0 Å². The monoisotopic (exact) mass is 314 g/mol. The summed E-state index contributed by atoms with van der Waals surface area (Å²) in [6, 6.07) is 3.89. The highest BCUT2D eigenvalue weighted by molar-refractivity contribution is 5.95. The number of carbonyl (C=O) groups is 1. The number of rotatable bonds is 5. The van der Waals surface area contributed by atoms with Crippen LogP contribution in [0.3, 0.4) is 0 Å². The molecule has 122 valence electrons. The van der Waals surface area contributed by atoms with Crippen LogP contribution >= 0.6 is 0 Å². The van der Waals surface area contributed by atoms with E-state index in [9.17, 15) is 9.90 Å². The highest BCUT2D eigenvalue weighted by Gasteiger charge is 2.22. The Balaban J connectivity index is 1.62. The summed E-state index contributed by atoms with van der Waals surface area (Å²) < 4.78 is 1.97. The first-order chi connectivity index (χ1) is 11.2. The summed E-state index contributed by atoms with van der Waals surface area (Å²) in [5, 5.41) is 17.3. The molecule has 0 aromatic carbocycles. The summed E-state index contributed by atoms with van der Waals surface area (Å²) in [4.78, 5) is 16.3. The minimum atomic E-state index is -0.743. The van der Waals surface area contributed by atoms with Crippen molar-refractivity contribution in [3.8, 4) is 0 Å². The van der Waals surface area contributed by atoms with Gasteiger partial charge in [0, 0.05) is 24.6 Å². The number of nitrogens with one attached hydrogen (secondary N) is 1. The quantitative estimate of drug-likeness (QED) is 0.886. The molecule has 0 radical (unpaired) electrons. The lowest BCUT2D eigenvalue weighted by atomic mass is 10.1. The van der Waals surface area contributed by atoms with Crippen LogP contribution in [0.4, 0.5) is 0 Å². The van der Waals surface area contributed by atoms with Crippen LogP contribution in [0.25, 0.3) is 0 Å². The van der Waals surface area contributed by atoms with Gasteiger partial charge in [0.2, 0.25) is 0 Å². The summed E-state index contributed by atoms with van der Waals surface area (Å²) in [7, 11) is 0. The summed E-state index contributed by atoms with van der Waals surface area (Å²) in [6.45, 7) is 2.09. The van der Waals surface area contributed by atoms with Crippen LogP contribution in [0, 0.1) is 6.92 Å². The second-order valence-electron chi connectivity index (χ2n) is 6.03. The molecule has 1 amide bonds. The molecule has 2 N–H and O–H groups in total. The van der Waals surface area contributed by atoms with Crippen LogP contribution in [-0.2, 0) is 0 Å². The van der Waals surface area contributed by atoms with Crippen molar-refractivity contribution < 1.29 is 9.90 Å². The number of aliphatic hydroxyl groups is 1. The molecule has 6 nitrogen and oxygen atoms in total. The van der Waals surface area contributed by atoms with Crippen molar-refractivity contribution in [1.82, 2.24) is 20.1 Å². The van der Waals surface area contributed by atoms with E-state index in [1.807, 2.05) is 11.6 Å². The van der Waals surface area contributed by atoms with E-state index in [4.69, 9.17) is 0 Å². The first kappa shape index (κ1) is 15.7. The molecule has 3 rings (SSSR count). The standard InChI is InChI=1S/C17H22N4O2/c1-12-15(10-20-21(12)14-4-2-3-5-14)17(23)19-11-16(22)13-6-8-18-9-7-13/h6-10,14,16,22H,2-5,11H2,1H3,(H,19,23). The third-order valence-electron chi connectivity index (χ3n) is 4.51. The minimum Gasteiger partial charge on any atom is -0.387 e. The van der Waals surface area contributed by atoms with Gasteiger partial charge in [0.1, 0.15) is 0 Å². The molecule has 2 aromatic rings. The molecule has 1 atom stereocenters. The molecular formula is C17H22N4O2. The van der Waals surface area contributed by atoms with Gasteiger partial charge in [0.05, 0.1) is 23.9 Å². The average molecular weight is 314 g/mol. The van der Waals surface area contributed by atoms with Gasteiger partial charge in [-0.1, -0.05) is 12.8 Å². The number of amides is 1. The lowest BCUT2D eigenvalue weighted by Crippen LogP contribution is -2.28. The summed E-state index contributed by atoms with van der Waals surface area (Å²) >= 11 is 0. The van der Waals surface area contributed by atoms with Gasteiger partial charge in [-0.3, -0.25) is 14.5 Å². The van der Waals surface area contributed by atoms with E-state index in [0.717, 1.165) is 24.1 Å². The second kappa shape index (κ2) is 6.91. The molecule has 1 unspecified atom stereocenters. The highest BCUT2D eigenvalue weighted by atomic mass is 16.3. The molecule has 23 heavy (non-hydrogen) atoms. The van der Waals surface area contributed by atoms with Crippen molar-refractivity contribution in [1.29, 1.82) is 0 Å². The summed E-state index contributed by atoms with van der Waals surface area (Å²) in [6.07, 6.45) is 8.84. The van der Waals surface area contributed by atoms with Gasteiger partial charge in [-0.05, 0) is 37.5 Å². The number of aliphatic hydroxyl groups excluding tert-OH is 1. The van der Waals surface area contributed by atoms with E-state index in [0.29, 0.717) is 11.6 Å². The Morgan fingerprint density at radius 3 is 2.78 bits per heavy atom. The number of carbonyl (C=O) groups excluding carboxylic acids is 1. The third kappa shape index (κ3) is 3.42. The lowest BCUT2D eigenvalue weighted by molar-refractivity contribution is 0.0915. The Labute approximate surface area is 135 Å². The predicted molar refractivity (Wildman–Crippen MR) is 86.0 cm³/mol. The second-order valence-corrected chi connectivity index (χ2v) is 6.03. The number of aromatic nitrogens is 3. The molecule has 1 saturated carbocycles. The Morgan fingerprint density at radius 1 is 1.39 bits per heavy atom. The van der Waals surface area contributed by atoms with E-state index in [2.05, 4.69) is 15.4 Å². The lowest BCUT2D eigenvalue weighted by Gasteiger charge is -2.13. The molecule has 0 bridgehead atoms. The van der Waals surface area contributed by atoms with E-state index in [1.165, 1.54) is 12.8 Å². The topological polar surface area (TPSA) is 80.0 Å². The van der Waals surface area contributed by atoms with E-state index in [1.54, 1.807) is 30.7 Å². The first-order valence-corrected chi connectivity index (χ1v) is 8.07. The molecule has 0 aliphatic heterocycles. The molecule has 1 fully saturated rings. The number of hydrogen-bond acceptors (Lipinski definition) is 4. The zero-order chi connectivity index (χ0) is 16.2. The highest BCUT2D eigenvalue weighted by Crippen LogP contribution is 2.30. The van der Waals surface area contributed by atoms with Gasteiger partial charge in [0.15, 0.2) is 0 Å². The summed E-state index contributed by atoms with van der Waals surface area (Å²) in [5.74, 6) is -0.195. The normalized spacial score (nSPS) is 16.4. The fraction of sp³-hybridized carbons (Fsp3) is 0.471. The van der Waals surface area contributed by atoms with Gasteiger partial charge in [0.25, 0.3) is 5.91 Å². The number of hydrogen-bond donors (Lipinski definition) is 2. The average Bonchev–Trinajstić information content (AvgIpc) is 3.22. The van der Waals surface area contributed by atoms with Gasteiger partial charge >= 0.3 is 0 Å². The molecule has 0 saturated heterocycles. The van der Waals surface area contributed by atoms with Crippen LogP contribution in [0.15, 0.2) is 30.7 Å². The van der Waals surface area contributed by atoms with Crippen molar-refractivity contribution in [2.75, 3.05) is 6.54 Å². The SMILES string of the molecule is Cc1c(C(=O)NCC(O)c2ccncc2)cnn1C1CCCC1. The molecule has 0 spiro atoms. The molecule has 1 aliphatic carbocycles. The van der Waals surface area contributed by atoms with E-state index >= 15 is 0 Å². The number of pyridine rings is 1. The Kier molecular flexibility index (Phi) is 4.71. The van der Waals surface area contributed by atoms with Gasteiger partial charge in [-0.15, -0.1) is 0 Å². The van der Waals surface area contributed by atoms with Crippen LogP contribution in [-0.4, -0.2) is 32.3 Å². The molecule has 2 heterocycles. The molecule has 6 heteroatoms. The molecular weight excluding hydrogens is 292 g/mol. The minimum absolute atomic E-state index is 0.164. The Morgan fingerprint density at radius 2 is 2.09 bits per heavy atom. The van der Waals surface area contributed by atoms with Crippen molar-refractivity contribution in [3.05, 3.63) is 47.5 Å². The molecule has 1 aliphatic rings. The first-order valence-electron chi connectivity index (χ1n) is 8.07. The van der Waals surface area contributed by atoms with Crippen molar-refractivity contribution in [2.45, 2.75) is 44.8 Å². The molecule has 2 aromatic heterocycles. The van der Waals surface area contributed by atoms with Crippen molar-refractivity contribution in [3.63, 3.8) is 0 Å². The van der Waals surface area contributed by atoms with Gasteiger partial charge < -0.3 is 10.4 Å². The van der Waals surface area contributed by atoms with E-state index < -0.39 is 6.10 Å². The fourth-order valence-electron chi connectivity index (χ4n) is 3.15.